The van der Waals surface area contributed by atoms with E-state index in [1.165, 1.54) is 21.4 Å². The largest absolute Gasteiger partial charge is 0.457 e. The van der Waals surface area contributed by atoms with E-state index in [2.05, 4.69) is 9.36 Å². The number of benzene rings is 2. The molecule has 0 aliphatic carbocycles. The summed E-state index contributed by atoms with van der Waals surface area (Å²) < 4.78 is 34.1. The van der Waals surface area contributed by atoms with E-state index in [-0.39, 0.29) is 13.1 Å². The van der Waals surface area contributed by atoms with Crippen molar-refractivity contribution in [3.63, 3.8) is 0 Å². The van der Waals surface area contributed by atoms with Gasteiger partial charge in [0.05, 0.1) is 0 Å². The number of aromatic nitrogens is 2. The van der Waals surface area contributed by atoms with Crippen molar-refractivity contribution in [2.45, 2.75) is 22.9 Å². The first kappa shape index (κ1) is 25.5. The minimum absolute atomic E-state index is 0.216. The molecule has 0 spiro atoms. The van der Waals surface area contributed by atoms with Gasteiger partial charge in [0.1, 0.15) is 17.3 Å². The monoisotopic (exact) mass is 560 g/mol. The highest BCUT2D eigenvalue weighted by atomic mass is 35.6. The molecular weight excluding hydrogens is 539 g/mol. The summed E-state index contributed by atoms with van der Waals surface area (Å²) in [5.41, 5.74) is 2.25. The van der Waals surface area contributed by atoms with Gasteiger partial charge in [-0.15, -0.1) is 0 Å². The van der Waals surface area contributed by atoms with Crippen molar-refractivity contribution in [3.05, 3.63) is 65.5 Å². The molecule has 2 aromatic carbocycles. The van der Waals surface area contributed by atoms with E-state index in [9.17, 15) is 8.42 Å². The lowest BCUT2D eigenvalue weighted by atomic mass is 10.1. The zero-order valence-corrected chi connectivity index (χ0v) is 22.2. The van der Waals surface area contributed by atoms with Crippen molar-refractivity contribution >= 4 is 61.5 Å². The Morgan fingerprint density at radius 2 is 1.62 bits per heavy atom. The molecule has 34 heavy (non-hydrogen) atoms. The maximum Gasteiger partial charge on any atom is 0.306 e. The predicted octanol–water partition coefficient (Wildman–Crippen LogP) is 5.40. The number of sulfonamides is 1. The fourth-order valence-electron chi connectivity index (χ4n) is 3.52. The molecule has 182 valence electrons. The molecule has 1 aliphatic rings. The second-order valence-electron chi connectivity index (χ2n) is 7.92. The summed E-state index contributed by atoms with van der Waals surface area (Å²) in [6, 6.07) is 15.8. The Hall–Kier alpha value is -1.62. The number of rotatable bonds is 6. The fourth-order valence-corrected chi connectivity index (χ4v) is 6.12. The van der Waals surface area contributed by atoms with Crippen molar-refractivity contribution in [1.82, 2.24) is 13.7 Å². The minimum Gasteiger partial charge on any atom is -0.457 e. The molecule has 0 N–H and O–H groups in total. The molecule has 2 heterocycles. The lowest BCUT2D eigenvalue weighted by Crippen LogP contribution is -2.41. The quantitative estimate of drug-likeness (QED) is 0.375. The fraction of sp³-hybridized carbons (Fsp3) is 0.364. The lowest BCUT2D eigenvalue weighted by Gasteiger charge is -2.24. The molecule has 1 aliphatic heterocycles. The van der Waals surface area contributed by atoms with Crippen molar-refractivity contribution in [2.75, 3.05) is 31.1 Å². The highest BCUT2D eigenvalue weighted by Gasteiger charge is 2.43. The third-order valence-corrected chi connectivity index (χ3v) is 9.56. The van der Waals surface area contributed by atoms with Crippen LogP contribution in [0.1, 0.15) is 23.4 Å². The second kappa shape index (κ2) is 10.6. The zero-order valence-electron chi connectivity index (χ0n) is 18.3. The van der Waals surface area contributed by atoms with E-state index in [1.54, 1.807) is 0 Å². The molecule has 0 saturated carbocycles. The van der Waals surface area contributed by atoms with Gasteiger partial charge in [-0.1, -0.05) is 64.6 Å². The highest BCUT2D eigenvalue weighted by molar-refractivity contribution is 7.95. The average Bonchev–Trinajstić information content (AvgIpc) is 3.10. The molecule has 0 amide bonds. The maximum absolute atomic E-state index is 12.4. The average molecular weight is 562 g/mol. The Morgan fingerprint density at radius 3 is 2.26 bits per heavy atom. The first-order valence-electron chi connectivity index (χ1n) is 10.6. The number of hydrogen-bond donors (Lipinski definition) is 0. The zero-order chi connectivity index (χ0) is 24.3. The van der Waals surface area contributed by atoms with E-state index >= 15 is 0 Å². The molecular formula is C22H23Cl3N4O3S2. The number of halogens is 3. The Kier molecular flexibility index (Phi) is 7.91. The number of anilines is 1. The predicted molar refractivity (Wildman–Crippen MR) is 138 cm³/mol. The van der Waals surface area contributed by atoms with Gasteiger partial charge in [0, 0.05) is 44.1 Å². The van der Waals surface area contributed by atoms with Crippen LogP contribution in [-0.2, 0) is 16.4 Å². The Bertz CT molecular complexity index is 1210. The SMILES string of the molecule is Cc1ccc(Oc2ccc(Cc3nsc(N4CCCN(S(=O)(=O)C(Cl)(Cl)Cl)CC4)n3)cc2)cc1. The van der Waals surface area contributed by atoms with Crippen LogP contribution in [-0.4, -0.2) is 51.4 Å². The molecule has 0 bridgehead atoms. The Morgan fingerprint density at radius 1 is 0.971 bits per heavy atom. The van der Waals surface area contributed by atoms with Crippen molar-refractivity contribution in [2.24, 2.45) is 0 Å². The van der Waals surface area contributed by atoms with Crippen LogP contribution in [0.2, 0.25) is 0 Å². The number of ether oxygens (including phenoxy) is 1. The van der Waals surface area contributed by atoms with Crippen molar-refractivity contribution in [3.8, 4) is 11.5 Å². The van der Waals surface area contributed by atoms with Crippen molar-refractivity contribution in [1.29, 1.82) is 0 Å². The topological polar surface area (TPSA) is 75.6 Å². The molecule has 1 fully saturated rings. The van der Waals surface area contributed by atoms with Crippen LogP contribution >= 0.6 is 46.3 Å². The van der Waals surface area contributed by atoms with Gasteiger partial charge >= 0.3 is 3.12 Å². The van der Waals surface area contributed by atoms with Crippen LogP contribution in [0, 0.1) is 6.92 Å². The minimum atomic E-state index is -4.03. The molecule has 1 saturated heterocycles. The standard InChI is InChI=1S/C22H23Cl3N4O3S2/c1-16-3-7-18(8-4-16)32-19-9-5-17(6-10-19)15-20-26-21(33-27-20)28-11-2-12-29(14-13-28)34(30,31)22(23,24)25/h3-10H,2,11-15H2,1H3. The summed E-state index contributed by atoms with van der Waals surface area (Å²) in [5.74, 6) is 2.27. The van der Waals surface area contributed by atoms with Crippen LogP contribution in [0.5, 0.6) is 11.5 Å². The summed E-state index contributed by atoms with van der Waals surface area (Å²) in [6.45, 7) is 3.63. The first-order valence-corrected chi connectivity index (χ1v) is 13.9. The van der Waals surface area contributed by atoms with E-state index in [1.807, 2.05) is 60.4 Å². The highest BCUT2D eigenvalue weighted by Crippen LogP contribution is 2.36. The second-order valence-corrected chi connectivity index (χ2v) is 13.7. The molecule has 0 atom stereocenters. The van der Waals surface area contributed by atoms with Crippen molar-refractivity contribution < 1.29 is 13.2 Å². The lowest BCUT2D eigenvalue weighted by molar-refractivity contribution is 0.433. The van der Waals surface area contributed by atoms with E-state index in [0.29, 0.717) is 31.8 Å². The van der Waals surface area contributed by atoms with Crippen LogP contribution in [0.4, 0.5) is 5.13 Å². The molecule has 0 radical (unpaired) electrons. The van der Waals surface area contributed by atoms with E-state index < -0.39 is 13.1 Å². The molecule has 4 rings (SSSR count). The summed E-state index contributed by atoms with van der Waals surface area (Å²) in [7, 11) is -4.03. The number of aryl methyl sites for hydroxylation is 1. The van der Waals surface area contributed by atoms with Gasteiger partial charge in [-0.05, 0) is 43.2 Å². The summed E-state index contributed by atoms with van der Waals surface area (Å²) in [4.78, 5) is 6.68. The van der Waals surface area contributed by atoms with Crippen LogP contribution in [0.3, 0.4) is 0 Å². The van der Waals surface area contributed by atoms with E-state index in [0.717, 1.165) is 22.2 Å². The number of hydrogen-bond acceptors (Lipinski definition) is 7. The molecule has 7 nitrogen and oxygen atoms in total. The number of alkyl halides is 3. The number of nitrogens with zero attached hydrogens (tertiary/aromatic N) is 4. The summed E-state index contributed by atoms with van der Waals surface area (Å²) >= 11 is 18.3. The molecule has 3 aromatic rings. The van der Waals surface area contributed by atoms with Crippen LogP contribution in [0.25, 0.3) is 0 Å². The van der Waals surface area contributed by atoms with Gasteiger partial charge in [0.25, 0.3) is 10.0 Å². The first-order chi connectivity index (χ1) is 16.1. The van der Waals surface area contributed by atoms with Gasteiger partial charge in [-0.2, -0.15) is 8.68 Å². The maximum atomic E-state index is 12.4. The van der Waals surface area contributed by atoms with E-state index in [4.69, 9.17) is 39.5 Å². The summed E-state index contributed by atoms with van der Waals surface area (Å²) in [6.07, 6.45) is 1.18. The molecule has 12 heteroatoms. The Balaban J connectivity index is 1.36. The van der Waals surface area contributed by atoms with Gasteiger partial charge in [-0.25, -0.2) is 13.4 Å². The van der Waals surface area contributed by atoms with Crippen LogP contribution in [0.15, 0.2) is 48.5 Å². The Labute approximate surface area is 218 Å². The third-order valence-electron chi connectivity index (χ3n) is 5.36. The van der Waals surface area contributed by atoms with Gasteiger partial charge < -0.3 is 9.64 Å². The summed E-state index contributed by atoms with van der Waals surface area (Å²) in [5, 5.41) is 0.752. The van der Waals surface area contributed by atoms with Crippen LogP contribution < -0.4 is 9.64 Å². The third kappa shape index (κ3) is 6.13. The van der Waals surface area contributed by atoms with Gasteiger partial charge in [0.2, 0.25) is 5.13 Å². The van der Waals surface area contributed by atoms with Gasteiger partial charge in [-0.3, -0.25) is 0 Å². The molecule has 0 unspecified atom stereocenters. The smallest absolute Gasteiger partial charge is 0.306 e. The molecule has 1 aromatic heterocycles. The van der Waals surface area contributed by atoms with Gasteiger partial charge in [0.15, 0.2) is 0 Å². The normalized spacial score (nSPS) is 15.8.